The van der Waals surface area contributed by atoms with Crippen LogP contribution in [-0.4, -0.2) is 32.8 Å². The van der Waals surface area contributed by atoms with Gasteiger partial charge >= 0.3 is 0 Å². The van der Waals surface area contributed by atoms with Crippen LogP contribution in [0, 0.1) is 11.3 Å². The predicted octanol–water partition coefficient (Wildman–Crippen LogP) is 0.551. The lowest BCUT2D eigenvalue weighted by Gasteiger charge is -2.16. The van der Waals surface area contributed by atoms with E-state index in [1.165, 1.54) is 6.33 Å². The zero-order valence-corrected chi connectivity index (χ0v) is 8.64. The minimum absolute atomic E-state index is 0.445. The topological polar surface area (TPSA) is 57.7 Å². The largest absolute Gasteiger partial charge is 0.283 e. The van der Waals surface area contributed by atoms with Crippen LogP contribution in [0.4, 0.5) is 0 Å². The van der Waals surface area contributed by atoms with Crippen molar-refractivity contribution in [1.82, 2.24) is 19.7 Å². The van der Waals surface area contributed by atoms with E-state index in [9.17, 15) is 0 Å². The molecular formula is C9H15N5. The summed E-state index contributed by atoms with van der Waals surface area (Å²) in [6, 6.07) is 2.15. The summed E-state index contributed by atoms with van der Waals surface area (Å²) < 4.78 is 1.74. The molecule has 0 aliphatic carbocycles. The zero-order valence-electron chi connectivity index (χ0n) is 8.64. The van der Waals surface area contributed by atoms with Gasteiger partial charge in [0, 0.05) is 7.05 Å². The first-order valence-corrected chi connectivity index (χ1v) is 4.70. The Morgan fingerprint density at radius 3 is 2.93 bits per heavy atom. The second-order valence-electron chi connectivity index (χ2n) is 3.17. The van der Waals surface area contributed by atoms with Crippen LogP contribution < -0.4 is 0 Å². The summed E-state index contributed by atoms with van der Waals surface area (Å²) >= 11 is 0. The molecule has 0 radical (unpaired) electrons. The summed E-state index contributed by atoms with van der Waals surface area (Å²) in [6.45, 7) is 4.15. The molecule has 76 valence electrons. The molecule has 14 heavy (non-hydrogen) atoms. The molecule has 0 spiro atoms. The Labute approximate surface area is 84.0 Å². The molecule has 0 saturated heterocycles. The van der Waals surface area contributed by atoms with Gasteiger partial charge in [0.1, 0.15) is 12.2 Å². The first kappa shape index (κ1) is 10.7. The van der Waals surface area contributed by atoms with E-state index >= 15 is 0 Å². The second kappa shape index (κ2) is 5.35. The van der Waals surface area contributed by atoms with Gasteiger partial charge in [0.15, 0.2) is 0 Å². The van der Waals surface area contributed by atoms with Crippen molar-refractivity contribution >= 4 is 0 Å². The maximum absolute atomic E-state index is 8.63. The van der Waals surface area contributed by atoms with Gasteiger partial charge in [-0.1, -0.05) is 6.92 Å². The van der Waals surface area contributed by atoms with E-state index in [1.807, 2.05) is 7.05 Å². The Kier molecular flexibility index (Phi) is 4.08. The smallest absolute Gasteiger partial charge is 0.140 e. The monoisotopic (exact) mass is 193 g/mol. The van der Waals surface area contributed by atoms with E-state index < -0.39 is 0 Å². The number of nitrogens with zero attached hydrogens (tertiary/aromatic N) is 5. The van der Waals surface area contributed by atoms with Crippen LogP contribution in [0.3, 0.4) is 0 Å². The lowest BCUT2D eigenvalue weighted by Crippen LogP contribution is -2.26. The summed E-state index contributed by atoms with van der Waals surface area (Å²) in [6.07, 6.45) is 2.57. The average molecular weight is 193 g/mol. The summed E-state index contributed by atoms with van der Waals surface area (Å²) in [5, 5.41) is 12.6. The molecule has 0 saturated carbocycles. The van der Waals surface area contributed by atoms with Gasteiger partial charge in [-0.2, -0.15) is 10.4 Å². The summed E-state index contributed by atoms with van der Waals surface area (Å²) in [5.41, 5.74) is 0. The highest BCUT2D eigenvalue weighted by Gasteiger charge is 2.07. The number of aryl methyl sites for hydroxylation is 1. The molecule has 0 fully saturated rings. The van der Waals surface area contributed by atoms with Crippen LogP contribution >= 0.6 is 0 Å². The molecule has 5 heteroatoms. The minimum Gasteiger partial charge on any atom is -0.283 e. The standard InChI is InChI=1S/C9H15N5/c1-3-5-14(6-4-10)7-9-11-8-12-13(9)2/h8H,3,5-7H2,1-2H3. The Morgan fingerprint density at radius 2 is 2.43 bits per heavy atom. The van der Waals surface area contributed by atoms with Gasteiger partial charge < -0.3 is 0 Å². The van der Waals surface area contributed by atoms with Crippen molar-refractivity contribution in [3.05, 3.63) is 12.2 Å². The van der Waals surface area contributed by atoms with E-state index in [2.05, 4.69) is 28.0 Å². The number of nitriles is 1. The molecule has 0 N–H and O–H groups in total. The quantitative estimate of drug-likeness (QED) is 0.641. The van der Waals surface area contributed by atoms with Gasteiger partial charge in [-0.3, -0.25) is 9.58 Å². The Hall–Kier alpha value is -1.41. The highest BCUT2D eigenvalue weighted by atomic mass is 15.3. The van der Waals surface area contributed by atoms with Gasteiger partial charge in [-0.05, 0) is 13.0 Å². The second-order valence-corrected chi connectivity index (χ2v) is 3.17. The van der Waals surface area contributed by atoms with Crippen LogP contribution in [0.5, 0.6) is 0 Å². The first-order chi connectivity index (χ1) is 6.77. The number of hydrogen-bond donors (Lipinski definition) is 0. The van der Waals surface area contributed by atoms with Crippen molar-refractivity contribution in [1.29, 1.82) is 5.26 Å². The molecule has 0 aromatic carbocycles. The molecule has 1 heterocycles. The van der Waals surface area contributed by atoms with Crippen LogP contribution in [0.2, 0.25) is 0 Å². The van der Waals surface area contributed by atoms with E-state index in [1.54, 1.807) is 4.68 Å². The van der Waals surface area contributed by atoms with E-state index in [4.69, 9.17) is 5.26 Å². The van der Waals surface area contributed by atoms with Crippen molar-refractivity contribution in [2.45, 2.75) is 19.9 Å². The van der Waals surface area contributed by atoms with Crippen molar-refractivity contribution < 1.29 is 0 Å². The maximum Gasteiger partial charge on any atom is 0.140 e. The molecular weight excluding hydrogens is 178 g/mol. The van der Waals surface area contributed by atoms with Crippen molar-refractivity contribution in [2.75, 3.05) is 13.1 Å². The highest BCUT2D eigenvalue weighted by molar-refractivity contribution is 4.86. The predicted molar refractivity (Wildman–Crippen MR) is 52.2 cm³/mol. The average Bonchev–Trinajstić information content (AvgIpc) is 2.53. The SMILES string of the molecule is CCCN(CC#N)Cc1ncnn1C. The van der Waals surface area contributed by atoms with Gasteiger partial charge in [-0.25, -0.2) is 4.98 Å². The molecule has 1 aromatic rings. The number of hydrogen-bond acceptors (Lipinski definition) is 4. The van der Waals surface area contributed by atoms with Crippen LogP contribution in [0.1, 0.15) is 19.2 Å². The third-order valence-corrected chi connectivity index (χ3v) is 2.00. The molecule has 0 amide bonds. The van der Waals surface area contributed by atoms with Crippen molar-refractivity contribution in [3.8, 4) is 6.07 Å². The molecule has 1 rings (SSSR count). The number of rotatable bonds is 5. The van der Waals surface area contributed by atoms with Crippen LogP contribution in [0.25, 0.3) is 0 Å². The van der Waals surface area contributed by atoms with Gasteiger partial charge in [-0.15, -0.1) is 0 Å². The molecule has 0 atom stereocenters. The van der Waals surface area contributed by atoms with Crippen molar-refractivity contribution in [2.24, 2.45) is 7.05 Å². The number of aromatic nitrogens is 3. The third-order valence-electron chi connectivity index (χ3n) is 2.00. The Balaban J connectivity index is 2.56. The summed E-state index contributed by atoms with van der Waals surface area (Å²) in [4.78, 5) is 6.18. The molecule has 1 aromatic heterocycles. The van der Waals surface area contributed by atoms with E-state index in [0.717, 1.165) is 18.8 Å². The molecule has 0 aliphatic heterocycles. The fourth-order valence-electron chi connectivity index (χ4n) is 1.29. The van der Waals surface area contributed by atoms with Crippen molar-refractivity contribution in [3.63, 3.8) is 0 Å². The maximum atomic E-state index is 8.63. The third kappa shape index (κ3) is 2.82. The Morgan fingerprint density at radius 1 is 1.64 bits per heavy atom. The fraction of sp³-hybridized carbons (Fsp3) is 0.667. The van der Waals surface area contributed by atoms with Gasteiger partial charge in [0.25, 0.3) is 0 Å². The molecule has 0 aliphatic rings. The minimum atomic E-state index is 0.445. The summed E-state index contributed by atoms with van der Waals surface area (Å²) in [7, 11) is 1.86. The highest BCUT2D eigenvalue weighted by Crippen LogP contribution is 1.99. The normalized spacial score (nSPS) is 10.4. The zero-order chi connectivity index (χ0) is 10.4. The first-order valence-electron chi connectivity index (χ1n) is 4.70. The molecule has 0 bridgehead atoms. The van der Waals surface area contributed by atoms with Crippen LogP contribution in [-0.2, 0) is 13.6 Å². The van der Waals surface area contributed by atoms with Gasteiger partial charge in [0.05, 0.1) is 19.2 Å². The molecule has 5 nitrogen and oxygen atoms in total. The lowest BCUT2D eigenvalue weighted by atomic mass is 10.4. The van der Waals surface area contributed by atoms with Crippen LogP contribution in [0.15, 0.2) is 6.33 Å². The lowest BCUT2D eigenvalue weighted by molar-refractivity contribution is 0.286. The van der Waals surface area contributed by atoms with E-state index in [0.29, 0.717) is 13.1 Å². The Bertz CT molecular complexity index is 311. The fourth-order valence-corrected chi connectivity index (χ4v) is 1.29. The van der Waals surface area contributed by atoms with E-state index in [-0.39, 0.29) is 0 Å². The van der Waals surface area contributed by atoms with Gasteiger partial charge in [0.2, 0.25) is 0 Å². The summed E-state index contributed by atoms with van der Waals surface area (Å²) in [5.74, 6) is 0.897. The molecule has 0 unspecified atom stereocenters.